The molecule has 8 nitrogen and oxygen atoms in total. The summed E-state index contributed by atoms with van der Waals surface area (Å²) in [6, 6.07) is 7.78. The zero-order chi connectivity index (χ0) is 25.9. The van der Waals surface area contributed by atoms with Crippen LogP contribution in [0.3, 0.4) is 0 Å². The Labute approximate surface area is 210 Å². The Morgan fingerprint density at radius 1 is 1.19 bits per heavy atom. The molecule has 186 valence electrons. The summed E-state index contributed by atoms with van der Waals surface area (Å²) in [6.45, 7) is 5.27. The number of ether oxygens (including phenoxy) is 1. The van der Waals surface area contributed by atoms with E-state index >= 15 is 0 Å². The highest BCUT2D eigenvalue weighted by Gasteiger charge is 2.28. The third-order valence-corrected chi connectivity index (χ3v) is 5.07. The van der Waals surface area contributed by atoms with Gasteiger partial charge in [0.1, 0.15) is 23.1 Å². The highest BCUT2D eigenvalue weighted by atomic mass is 35.5. The summed E-state index contributed by atoms with van der Waals surface area (Å²) >= 11 is 6.04. The molecule has 0 aliphatic heterocycles. The summed E-state index contributed by atoms with van der Waals surface area (Å²) in [6.07, 6.45) is 4.32. The molecule has 0 amide bonds. The number of rotatable bonds is 7. The number of aromatic nitrogens is 4. The minimum absolute atomic E-state index is 0.0698. The molecule has 3 heterocycles. The van der Waals surface area contributed by atoms with Gasteiger partial charge in [0.05, 0.1) is 24.4 Å². The number of carbonyl (C=O) groups excluding carboxylic acids is 1. The maximum atomic E-state index is 14.5. The van der Waals surface area contributed by atoms with E-state index in [0.29, 0.717) is 11.3 Å². The van der Waals surface area contributed by atoms with Crippen molar-refractivity contribution >= 4 is 23.4 Å². The maximum absolute atomic E-state index is 14.5. The third kappa shape index (κ3) is 6.01. The van der Waals surface area contributed by atoms with Crippen LogP contribution in [0, 0.1) is 11.6 Å². The lowest BCUT2D eigenvalue weighted by molar-refractivity contribution is -0.155. The van der Waals surface area contributed by atoms with E-state index in [2.05, 4.69) is 25.5 Å². The lowest BCUT2D eigenvalue weighted by Crippen LogP contribution is -2.38. The molecule has 0 saturated heterocycles. The molecule has 11 heteroatoms. The predicted octanol–water partition coefficient (Wildman–Crippen LogP) is 5.49. The van der Waals surface area contributed by atoms with Gasteiger partial charge in [0.25, 0.3) is 0 Å². The van der Waals surface area contributed by atoms with E-state index in [4.69, 9.17) is 20.8 Å². The van der Waals surface area contributed by atoms with E-state index in [0.717, 1.165) is 6.07 Å². The summed E-state index contributed by atoms with van der Waals surface area (Å²) in [7, 11) is 0. The van der Waals surface area contributed by atoms with Gasteiger partial charge in [0.15, 0.2) is 22.6 Å². The molecular weight excluding hydrogens is 492 g/mol. The van der Waals surface area contributed by atoms with Gasteiger partial charge in [-0.25, -0.2) is 23.5 Å². The van der Waals surface area contributed by atoms with Gasteiger partial charge in [-0.3, -0.25) is 0 Å². The Morgan fingerprint density at radius 2 is 2.00 bits per heavy atom. The van der Waals surface area contributed by atoms with Crippen molar-refractivity contribution in [1.29, 1.82) is 0 Å². The Bertz CT molecular complexity index is 1380. The smallest absolute Gasteiger partial charge is 0.329 e. The molecule has 0 bridgehead atoms. The van der Waals surface area contributed by atoms with Crippen molar-refractivity contribution in [3.05, 3.63) is 77.6 Å². The summed E-state index contributed by atoms with van der Waals surface area (Å²) in [5, 5.41) is 10.7. The van der Waals surface area contributed by atoms with Gasteiger partial charge < -0.3 is 14.5 Å². The van der Waals surface area contributed by atoms with Crippen LogP contribution in [-0.2, 0) is 16.0 Å². The number of hydrogen-bond donors (Lipinski definition) is 1. The van der Waals surface area contributed by atoms with E-state index < -0.39 is 29.2 Å². The van der Waals surface area contributed by atoms with Crippen molar-refractivity contribution in [3.8, 4) is 22.5 Å². The number of nitrogens with zero attached hydrogens (tertiary/aromatic N) is 4. The highest BCUT2D eigenvalue weighted by Crippen LogP contribution is 2.30. The second kappa shape index (κ2) is 10.4. The van der Waals surface area contributed by atoms with Crippen molar-refractivity contribution < 1.29 is 22.7 Å². The third-order valence-electron chi connectivity index (χ3n) is 4.89. The van der Waals surface area contributed by atoms with E-state index in [9.17, 15) is 13.6 Å². The second-order valence-electron chi connectivity index (χ2n) is 8.83. The molecule has 1 atom stereocenters. The summed E-state index contributed by atoms with van der Waals surface area (Å²) in [5.74, 6) is -1.91. The van der Waals surface area contributed by atoms with Crippen LogP contribution in [0.2, 0.25) is 5.15 Å². The van der Waals surface area contributed by atoms with Gasteiger partial charge in [-0.15, -0.1) is 5.10 Å². The number of carbonyl (C=O) groups is 1. The number of nitrogens with one attached hydrogen (secondary N) is 1. The fourth-order valence-electron chi connectivity index (χ4n) is 3.36. The second-order valence-corrected chi connectivity index (χ2v) is 9.22. The number of anilines is 1. The first-order valence-corrected chi connectivity index (χ1v) is 11.3. The number of esters is 1. The van der Waals surface area contributed by atoms with E-state index in [1.807, 2.05) is 0 Å². The number of hydrogen-bond acceptors (Lipinski definition) is 8. The largest absolute Gasteiger partial charge is 0.469 e. The Kier molecular flexibility index (Phi) is 7.25. The first-order valence-electron chi connectivity index (χ1n) is 10.9. The van der Waals surface area contributed by atoms with Crippen LogP contribution >= 0.6 is 11.6 Å². The monoisotopic (exact) mass is 513 g/mol. The summed E-state index contributed by atoms with van der Waals surface area (Å²) in [4.78, 5) is 21.9. The normalized spacial score (nSPS) is 12.3. The fourth-order valence-corrected chi connectivity index (χ4v) is 3.52. The van der Waals surface area contributed by atoms with Gasteiger partial charge in [-0.05, 0) is 51.1 Å². The van der Waals surface area contributed by atoms with E-state index in [-0.39, 0.29) is 34.3 Å². The molecule has 0 radical (unpaired) electrons. The highest BCUT2D eigenvalue weighted by molar-refractivity contribution is 6.29. The summed E-state index contributed by atoms with van der Waals surface area (Å²) in [5.41, 5.74) is -0.163. The van der Waals surface area contributed by atoms with Crippen molar-refractivity contribution in [2.45, 2.75) is 38.8 Å². The molecule has 0 spiro atoms. The lowest BCUT2D eigenvalue weighted by atomic mass is 10.1. The molecule has 3 aromatic heterocycles. The lowest BCUT2D eigenvalue weighted by Gasteiger charge is -2.25. The van der Waals surface area contributed by atoms with E-state index in [1.165, 1.54) is 36.9 Å². The van der Waals surface area contributed by atoms with Crippen molar-refractivity contribution in [3.63, 3.8) is 0 Å². The van der Waals surface area contributed by atoms with Crippen LogP contribution in [0.15, 0.2) is 59.5 Å². The van der Waals surface area contributed by atoms with E-state index in [1.54, 1.807) is 32.9 Å². The van der Waals surface area contributed by atoms with Crippen molar-refractivity contribution in [2.24, 2.45) is 0 Å². The van der Waals surface area contributed by atoms with Crippen LogP contribution in [0.4, 0.5) is 14.6 Å². The molecule has 0 aliphatic rings. The molecule has 0 saturated carbocycles. The molecule has 1 N–H and O–H groups in total. The van der Waals surface area contributed by atoms with Gasteiger partial charge in [-0.1, -0.05) is 17.7 Å². The Balaban J connectivity index is 1.78. The van der Waals surface area contributed by atoms with Gasteiger partial charge in [-0.2, -0.15) is 5.10 Å². The standard InChI is InChI=1S/C25H22ClF2N5O3/c1-25(2,3)36-24(34)18(11-15-6-5-9-35-15)32-23-22(14-10-20(26)33-30-12-14)31-19(13-29-23)16-7-4-8-17(27)21(16)28/h4-10,12-13,18H,11H2,1-3H3,(H,29,32). The predicted molar refractivity (Wildman–Crippen MR) is 129 cm³/mol. The number of benzene rings is 1. The van der Waals surface area contributed by atoms with Gasteiger partial charge in [0, 0.05) is 17.5 Å². The summed E-state index contributed by atoms with van der Waals surface area (Å²) < 4.78 is 39.4. The first kappa shape index (κ1) is 25.2. The fraction of sp³-hybridized carbons (Fsp3) is 0.240. The molecule has 4 rings (SSSR count). The quantitative estimate of drug-likeness (QED) is 0.324. The van der Waals surface area contributed by atoms with Crippen LogP contribution in [0.5, 0.6) is 0 Å². The molecule has 1 unspecified atom stereocenters. The molecule has 0 aliphatic carbocycles. The Hall–Kier alpha value is -3.92. The minimum atomic E-state index is -1.06. The maximum Gasteiger partial charge on any atom is 0.329 e. The van der Waals surface area contributed by atoms with Gasteiger partial charge >= 0.3 is 5.97 Å². The van der Waals surface area contributed by atoms with Crippen molar-refractivity contribution in [2.75, 3.05) is 5.32 Å². The molecular formula is C25H22ClF2N5O3. The molecule has 4 aromatic rings. The Morgan fingerprint density at radius 3 is 2.69 bits per heavy atom. The number of furan rings is 1. The van der Waals surface area contributed by atoms with Crippen LogP contribution < -0.4 is 5.32 Å². The molecule has 1 aromatic carbocycles. The number of halogens is 3. The van der Waals surface area contributed by atoms with Crippen LogP contribution in [-0.4, -0.2) is 37.8 Å². The average molecular weight is 514 g/mol. The topological polar surface area (TPSA) is 103 Å². The van der Waals surface area contributed by atoms with Gasteiger partial charge in [0.2, 0.25) is 0 Å². The molecule has 36 heavy (non-hydrogen) atoms. The zero-order valence-corrected chi connectivity index (χ0v) is 20.4. The zero-order valence-electron chi connectivity index (χ0n) is 19.6. The van der Waals surface area contributed by atoms with Crippen molar-refractivity contribution in [1.82, 2.24) is 20.2 Å². The first-order chi connectivity index (χ1) is 17.1. The molecule has 0 fully saturated rings. The SMILES string of the molecule is CC(C)(C)OC(=O)C(Cc1ccco1)Nc1ncc(-c2cccc(F)c2F)nc1-c1cnnc(Cl)c1. The minimum Gasteiger partial charge on any atom is -0.469 e. The average Bonchev–Trinajstić information content (AvgIpc) is 3.33. The van der Waals surface area contributed by atoms with Crippen LogP contribution in [0.1, 0.15) is 26.5 Å². The van der Waals surface area contributed by atoms with Crippen LogP contribution in [0.25, 0.3) is 22.5 Å².